The first kappa shape index (κ1) is 59.0. The van der Waals surface area contributed by atoms with E-state index in [-0.39, 0.29) is 56.4 Å². The Morgan fingerprint density at radius 2 is 0.587 bits per heavy atom. The van der Waals surface area contributed by atoms with Gasteiger partial charge in [-0.05, 0) is 96.3 Å². The van der Waals surface area contributed by atoms with Crippen LogP contribution in [0.1, 0.15) is 194 Å². The predicted molar refractivity (Wildman–Crippen MR) is 244 cm³/mol. The van der Waals surface area contributed by atoms with E-state index in [1.807, 2.05) is 18.2 Å². The third-order valence-corrected chi connectivity index (χ3v) is 10.1. The molecule has 0 aliphatic heterocycles. The standard InChI is InChI=1S/C50H84O13/c1-4-7-10-13-16-19-28-37-58-44(52)31-22-25-34-47(55)61-41-50(40-51,42-62-48(56)35-26-23-32-45(53)59-38-29-20-17-14-11-8-5-2)43-63-49(57)36-27-24-33-46(54)60-39-30-21-18-15-12-9-6-3/h16-21,51H,4-15,22-43H2,1-3H3/b19-16-,20-17-,21-18-. The summed E-state index contributed by atoms with van der Waals surface area (Å²) >= 11 is 0. The molecule has 0 atom stereocenters. The fourth-order valence-electron chi connectivity index (χ4n) is 5.98. The molecular weight excluding hydrogens is 809 g/mol. The van der Waals surface area contributed by atoms with Crippen LogP contribution in [0.25, 0.3) is 0 Å². The van der Waals surface area contributed by atoms with Gasteiger partial charge < -0.3 is 33.5 Å². The highest BCUT2D eigenvalue weighted by Gasteiger charge is 2.35. The average molecular weight is 893 g/mol. The van der Waals surface area contributed by atoms with Gasteiger partial charge in [-0.15, -0.1) is 0 Å². The number of esters is 6. The lowest BCUT2D eigenvalue weighted by Crippen LogP contribution is -2.42. The van der Waals surface area contributed by atoms with Crippen LogP contribution in [0.5, 0.6) is 0 Å². The number of aliphatic hydroxyl groups excluding tert-OH is 1. The van der Waals surface area contributed by atoms with E-state index in [0.717, 1.165) is 38.5 Å². The zero-order chi connectivity index (χ0) is 46.5. The van der Waals surface area contributed by atoms with Crippen LogP contribution in [0, 0.1) is 5.41 Å². The highest BCUT2D eigenvalue weighted by atomic mass is 16.6. The molecule has 362 valence electrons. The summed E-state index contributed by atoms with van der Waals surface area (Å²) in [6.45, 7) is 5.60. The van der Waals surface area contributed by atoms with Gasteiger partial charge >= 0.3 is 35.8 Å². The summed E-state index contributed by atoms with van der Waals surface area (Å²) in [5, 5.41) is 10.5. The Morgan fingerprint density at radius 3 is 0.825 bits per heavy atom. The van der Waals surface area contributed by atoms with E-state index in [0.29, 0.717) is 77.6 Å². The van der Waals surface area contributed by atoms with Crippen LogP contribution in [0.4, 0.5) is 0 Å². The topological polar surface area (TPSA) is 178 Å². The third kappa shape index (κ3) is 39.3. The van der Waals surface area contributed by atoms with Crippen molar-refractivity contribution in [3.05, 3.63) is 36.5 Å². The molecule has 0 saturated carbocycles. The van der Waals surface area contributed by atoms with Crippen molar-refractivity contribution in [3.63, 3.8) is 0 Å². The van der Waals surface area contributed by atoms with E-state index in [1.54, 1.807) is 0 Å². The zero-order valence-corrected chi connectivity index (χ0v) is 39.4. The molecule has 1 N–H and O–H groups in total. The monoisotopic (exact) mass is 893 g/mol. The number of carbonyl (C=O) groups is 6. The van der Waals surface area contributed by atoms with E-state index < -0.39 is 49.8 Å². The Kier molecular flexibility index (Phi) is 40.5. The van der Waals surface area contributed by atoms with Crippen LogP contribution < -0.4 is 0 Å². The van der Waals surface area contributed by atoms with E-state index in [4.69, 9.17) is 28.4 Å². The van der Waals surface area contributed by atoms with Gasteiger partial charge in [0.05, 0.1) is 31.8 Å². The number of carbonyl (C=O) groups excluding carboxylic acids is 6. The lowest BCUT2D eigenvalue weighted by molar-refractivity contribution is -0.166. The summed E-state index contributed by atoms with van der Waals surface area (Å²) < 4.78 is 32.2. The second-order valence-corrected chi connectivity index (χ2v) is 16.2. The van der Waals surface area contributed by atoms with Crippen LogP contribution in [-0.2, 0) is 57.2 Å². The van der Waals surface area contributed by atoms with Gasteiger partial charge in [-0.2, -0.15) is 0 Å². The van der Waals surface area contributed by atoms with E-state index in [2.05, 4.69) is 39.0 Å². The molecule has 0 aromatic rings. The van der Waals surface area contributed by atoms with Crippen LogP contribution in [0.2, 0.25) is 0 Å². The van der Waals surface area contributed by atoms with Crippen molar-refractivity contribution in [3.8, 4) is 0 Å². The number of aliphatic hydroxyl groups is 1. The van der Waals surface area contributed by atoms with Crippen LogP contribution in [0.3, 0.4) is 0 Å². The molecule has 0 aliphatic carbocycles. The summed E-state index contributed by atoms with van der Waals surface area (Å²) in [5.41, 5.74) is -1.43. The lowest BCUT2D eigenvalue weighted by atomic mass is 9.92. The molecule has 63 heavy (non-hydrogen) atoms. The smallest absolute Gasteiger partial charge is 0.305 e. The van der Waals surface area contributed by atoms with Gasteiger partial charge in [-0.1, -0.05) is 95.8 Å². The minimum atomic E-state index is -1.43. The Balaban J connectivity index is 4.88. The lowest BCUT2D eigenvalue weighted by Gasteiger charge is -2.30. The maximum Gasteiger partial charge on any atom is 0.305 e. The number of hydrogen-bond donors (Lipinski definition) is 1. The van der Waals surface area contributed by atoms with Gasteiger partial charge in [0, 0.05) is 38.5 Å². The van der Waals surface area contributed by atoms with Gasteiger partial charge in [-0.25, -0.2) is 0 Å². The first-order valence-electron chi connectivity index (χ1n) is 24.1. The Morgan fingerprint density at radius 1 is 0.349 bits per heavy atom. The molecule has 13 nitrogen and oxygen atoms in total. The molecule has 0 radical (unpaired) electrons. The minimum absolute atomic E-state index is 0.00518. The number of ether oxygens (including phenoxy) is 6. The van der Waals surface area contributed by atoms with Gasteiger partial charge in [-0.3, -0.25) is 28.8 Å². The number of allylic oxidation sites excluding steroid dienone is 3. The number of hydrogen-bond acceptors (Lipinski definition) is 13. The Hall–Kier alpha value is -4.00. The van der Waals surface area contributed by atoms with Gasteiger partial charge in [0.2, 0.25) is 0 Å². The molecule has 0 spiro atoms. The Labute approximate surface area is 379 Å². The van der Waals surface area contributed by atoms with Crippen molar-refractivity contribution in [2.75, 3.05) is 46.2 Å². The average Bonchev–Trinajstić information content (AvgIpc) is 3.28. The van der Waals surface area contributed by atoms with Crippen molar-refractivity contribution in [1.82, 2.24) is 0 Å². The normalized spacial score (nSPS) is 11.6. The summed E-state index contributed by atoms with van der Waals surface area (Å²) in [6, 6.07) is 0. The molecular formula is C50H84O13. The second kappa shape index (κ2) is 43.3. The van der Waals surface area contributed by atoms with Gasteiger partial charge in [0.1, 0.15) is 19.8 Å². The van der Waals surface area contributed by atoms with E-state index in [9.17, 15) is 33.9 Å². The molecule has 0 unspecified atom stereocenters. The SMILES string of the molecule is CCCCC/C=C\CCOC(=O)CCCCC(=O)OCC(CO)(COC(=O)CCCCC(=O)OCC/C=C\CCCCC)COC(=O)CCCCC(=O)OCC/C=C\CCCCC. The summed E-state index contributed by atoms with van der Waals surface area (Å²) in [6.07, 6.45) is 30.8. The molecule has 0 aliphatic rings. The molecule has 0 bridgehead atoms. The third-order valence-electron chi connectivity index (χ3n) is 10.1. The Bertz CT molecular complexity index is 1140. The molecule has 0 fully saturated rings. The second-order valence-electron chi connectivity index (χ2n) is 16.2. The van der Waals surface area contributed by atoms with Crippen molar-refractivity contribution in [2.45, 2.75) is 194 Å². The largest absolute Gasteiger partial charge is 0.465 e. The summed E-state index contributed by atoms with van der Waals surface area (Å²) in [7, 11) is 0. The van der Waals surface area contributed by atoms with Gasteiger partial charge in [0.15, 0.2) is 0 Å². The highest BCUT2D eigenvalue weighted by Crippen LogP contribution is 2.21. The molecule has 13 heteroatoms. The number of rotatable bonds is 43. The first-order chi connectivity index (χ1) is 30.6. The summed E-state index contributed by atoms with van der Waals surface area (Å²) in [4.78, 5) is 74.4. The highest BCUT2D eigenvalue weighted by molar-refractivity contribution is 5.72. The van der Waals surface area contributed by atoms with E-state index in [1.165, 1.54) is 38.5 Å². The molecule has 0 amide bonds. The van der Waals surface area contributed by atoms with Crippen LogP contribution in [-0.4, -0.2) is 87.2 Å². The van der Waals surface area contributed by atoms with Crippen LogP contribution >= 0.6 is 0 Å². The molecule has 0 rings (SSSR count). The predicted octanol–water partition coefficient (Wildman–Crippen LogP) is 10.5. The first-order valence-corrected chi connectivity index (χ1v) is 24.1. The van der Waals surface area contributed by atoms with Crippen molar-refractivity contribution < 1.29 is 62.3 Å². The molecule has 0 saturated heterocycles. The zero-order valence-electron chi connectivity index (χ0n) is 39.4. The van der Waals surface area contributed by atoms with Crippen molar-refractivity contribution in [2.24, 2.45) is 5.41 Å². The number of unbranched alkanes of at least 4 members (excludes halogenated alkanes) is 12. The fourth-order valence-corrected chi connectivity index (χ4v) is 5.98. The van der Waals surface area contributed by atoms with Gasteiger partial charge in [0.25, 0.3) is 0 Å². The molecule has 0 aromatic carbocycles. The maximum atomic E-state index is 12.7. The summed E-state index contributed by atoms with van der Waals surface area (Å²) in [5.74, 6) is -2.76. The molecule has 0 heterocycles. The fraction of sp³-hybridized carbons (Fsp3) is 0.760. The van der Waals surface area contributed by atoms with Crippen LogP contribution in [0.15, 0.2) is 36.5 Å². The van der Waals surface area contributed by atoms with Crippen molar-refractivity contribution >= 4 is 35.8 Å². The van der Waals surface area contributed by atoms with Crippen molar-refractivity contribution in [1.29, 1.82) is 0 Å². The quantitative estimate of drug-likeness (QED) is 0.0265. The minimum Gasteiger partial charge on any atom is -0.465 e. The molecule has 0 aromatic heterocycles. The maximum absolute atomic E-state index is 12.7. The van der Waals surface area contributed by atoms with E-state index >= 15 is 0 Å².